The van der Waals surface area contributed by atoms with E-state index in [0.717, 1.165) is 5.69 Å². The fourth-order valence-corrected chi connectivity index (χ4v) is 2.45. The van der Waals surface area contributed by atoms with E-state index in [1.54, 1.807) is 18.4 Å². The number of hydrogen-bond acceptors (Lipinski definition) is 3. The van der Waals surface area contributed by atoms with Crippen LogP contribution in [-0.2, 0) is 15.6 Å². The van der Waals surface area contributed by atoms with Gasteiger partial charge in [0.1, 0.15) is 6.04 Å². The van der Waals surface area contributed by atoms with Gasteiger partial charge in [0, 0.05) is 27.8 Å². The summed E-state index contributed by atoms with van der Waals surface area (Å²) in [5.41, 5.74) is 1.54. The fourth-order valence-electron chi connectivity index (χ4n) is 1.71. The molecular formula is C11H13ClN2O2S. The molecule has 1 heterocycles. The molecule has 0 aliphatic carbocycles. The number of halogens is 1. The van der Waals surface area contributed by atoms with E-state index < -0.39 is 10.8 Å². The van der Waals surface area contributed by atoms with Gasteiger partial charge in [-0.3, -0.25) is 9.00 Å². The molecule has 2 unspecified atom stereocenters. The normalized spacial score (nSPS) is 20.1. The summed E-state index contributed by atoms with van der Waals surface area (Å²) in [6, 6.07) is 4.97. The number of fused-ring (bicyclic) bond motifs is 1. The van der Waals surface area contributed by atoms with Crippen LogP contribution in [0.1, 0.15) is 6.42 Å². The summed E-state index contributed by atoms with van der Waals surface area (Å²) in [4.78, 5) is 11.8. The highest BCUT2D eigenvalue weighted by atomic mass is 35.5. The zero-order valence-electron chi connectivity index (χ0n) is 9.33. The number of carbonyl (C=O) groups excluding carboxylic acids is 1. The predicted octanol–water partition coefficient (Wildman–Crippen LogP) is 1.84. The van der Waals surface area contributed by atoms with Gasteiger partial charge in [-0.1, -0.05) is 11.6 Å². The molecule has 0 spiro atoms. The van der Waals surface area contributed by atoms with Gasteiger partial charge in [0.25, 0.3) is 0 Å². The first-order valence-corrected chi connectivity index (χ1v) is 7.34. The quantitative estimate of drug-likeness (QED) is 0.883. The maximum Gasteiger partial charge on any atom is 0.246 e. The van der Waals surface area contributed by atoms with Gasteiger partial charge >= 0.3 is 0 Å². The van der Waals surface area contributed by atoms with Crippen molar-refractivity contribution in [3.8, 4) is 0 Å². The second kappa shape index (κ2) is 5.06. The Kier molecular flexibility index (Phi) is 3.69. The number of amides is 1. The monoisotopic (exact) mass is 272 g/mol. The Labute approximate surface area is 107 Å². The molecule has 1 aromatic rings. The molecule has 4 nitrogen and oxygen atoms in total. The molecule has 0 fully saturated rings. The lowest BCUT2D eigenvalue weighted by molar-refractivity contribution is -0.117. The Morgan fingerprint density at radius 1 is 1.41 bits per heavy atom. The van der Waals surface area contributed by atoms with Crippen LogP contribution >= 0.6 is 11.6 Å². The van der Waals surface area contributed by atoms with E-state index in [-0.39, 0.29) is 11.9 Å². The molecule has 1 aliphatic rings. The average molecular weight is 273 g/mol. The van der Waals surface area contributed by atoms with Crippen LogP contribution in [0.5, 0.6) is 0 Å². The highest BCUT2D eigenvalue weighted by Crippen LogP contribution is 2.30. The molecular weight excluding hydrogens is 260 g/mol. The predicted molar refractivity (Wildman–Crippen MR) is 71.0 cm³/mol. The summed E-state index contributed by atoms with van der Waals surface area (Å²) in [6.07, 6.45) is 2.19. The van der Waals surface area contributed by atoms with Crippen LogP contribution in [0.15, 0.2) is 18.2 Å². The topological polar surface area (TPSA) is 58.2 Å². The van der Waals surface area contributed by atoms with E-state index in [2.05, 4.69) is 10.6 Å². The van der Waals surface area contributed by atoms with E-state index in [4.69, 9.17) is 11.6 Å². The second-order valence-corrected chi connectivity index (χ2v) is 5.93. The molecule has 2 N–H and O–H groups in total. The van der Waals surface area contributed by atoms with Gasteiger partial charge in [-0.2, -0.15) is 0 Å². The molecule has 0 saturated carbocycles. The van der Waals surface area contributed by atoms with Gasteiger partial charge in [0.05, 0.1) is 11.4 Å². The van der Waals surface area contributed by atoms with E-state index in [1.807, 2.05) is 6.07 Å². The highest BCUT2D eigenvalue weighted by molar-refractivity contribution is 7.84. The lowest BCUT2D eigenvalue weighted by Gasteiger charge is -2.26. The van der Waals surface area contributed by atoms with E-state index in [1.165, 1.54) is 0 Å². The van der Waals surface area contributed by atoms with Crippen molar-refractivity contribution in [3.63, 3.8) is 0 Å². The summed E-state index contributed by atoms with van der Waals surface area (Å²) in [7, 11) is -0.885. The summed E-state index contributed by atoms with van der Waals surface area (Å²) in [5, 5.41) is 6.50. The van der Waals surface area contributed by atoms with Crippen LogP contribution in [0, 0.1) is 0 Å². The molecule has 92 valence electrons. The lowest BCUT2D eigenvalue weighted by Crippen LogP contribution is -2.39. The minimum atomic E-state index is -0.885. The van der Waals surface area contributed by atoms with Crippen molar-refractivity contribution >= 4 is 39.7 Å². The molecule has 1 amide bonds. The molecule has 0 saturated heterocycles. The standard InChI is InChI=1S/C11H13ClN2O2S/c1-17(16)5-4-9-11(15)14-10-6-7(12)2-3-8(10)13-9/h2-3,6,9,13H,4-5H2,1H3,(H,14,15). The Bertz CT molecular complexity index is 479. The summed E-state index contributed by atoms with van der Waals surface area (Å²) in [6.45, 7) is 0. The lowest BCUT2D eigenvalue weighted by atomic mass is 10.1. The Hall–Kier alpha value is -1.07. The third kappa shape index (κ3) is 2.98. The third-order valence-corrected chi connectivity index (χ3v) is 3.63. The molecule has 1 aliphatic heterocycles. The Morgan fingerprint density at radius 3 is 2.88 bits per heavy atom. The van der Waals surface area contributed by atoms with Crippen LogP contribution in [0.2, 0.25) is 5.02 Å². The summed E-state index contributed by atoms with van der Waals surface area (Å²) < 4.78 is 11.0. The van der Waals surface area contributed by atoms with E-state index in [0.29, 0.717) is 22.9 Å². The van der Waals surface area contributed by atoms with Crippen molar-refractivity contribution in [2.45, 2.75) is 12.5 Å². The summed E-state index contributed by atoms with van der Waals surface area (Å²) in [5.74, 6) is 0.402. The SMILES string of the molecule is CS(=O)CCC1Nc2ccc(Cl)cc2NC1=O. The minimum absolute atomic E-state index is 0.106. The maximum atomic E-state index is 11.8. The molecule has 1 aromatic carbocycles. The number of rotatable bonds is 3. The highest BCUT2D eigenvalue weighted by Gasteiger charge is 2.25. The van der Waals surface area contributed by atoms with Crippen LogP contribution in [0.25, 0.3) is 0 Å². The molecule has 17 heavy (non-hydrogen) atoms. The average Bonchev–Trinajstić information content (AvgIpc) is 2.26. The first-order chi connectivity index (χ1) is 8.06. The van der Waals surface area contributed by atoms with Crippen LogP contribution in [0.3, 0.4) is 0 Å². The molecule has 0 radical (unpaired) electrons. The molecule has 0 aromatic heterocycles. The Morgan fingerprint density at radius 2 is 2.18 bits per heavy atom. The van der Waals surface area contributed by atoms with E-state index in [9.17, 15) is 9.00 Å². The van der Waals surface area contributed by atoms with Crippen molar-refractivity contribution in [1.29, 1.82) is 0 Å². The van der Waals surface area contributed by atoms with Gasteiger partial charge in [-0.15, -0.1) is 0 Å². The van der Waals surface area contributed by atoms with Crippen molar-refractivity contribution < 1.29 is 9.00 Å². The molecule has 6 heteroatoms. The van der Waals surface area contributed by atoms with Crippen LogP contribution in [-0.4, -0.2) is 28.2 Å². The molecule has 2 atom stereocenters. The number of carbonyl (C=O) groups is 1. The Balaban J connectivity index is 2.13. The minimum Gasteiger partial charge on any atom is -0.372 e. The largest absolute Gasteiger partial charge is 0.372 e. The van der Waals surface area contributed by atoms with Gasteiger partial charge in [0.15, 0.2) is 0 Å². The van der Waals surface area contributed by atoms with Gasteiger partial charge < -0.3 is 10.6 Å². The first-order valence-electron chi connectivity index (χ1n) is 5.23. The van der Waals surface area contributed by atoms with Crippen molar-refractivity contribution in [2.75, 3.05) is 22.6 Å². The smallest absolute Gasteiger partial charge is 0.246 e. The number of anilines is 2. The third-order valence-electron chi connectivity index (χ3n) is 2.58. The van der Waals surface area contributed by atoms with E-state index >= 15 is 0 Å². The molecule has 0 bridgehead atoms. The van der Waals surface area contributed by atoms with Gasteiger partial charge in [-0.05, 0) is 24.6 Å². The summed E-state index contributed by atoms with van der Waals surface area (Å²) >= 11 is 5.84. The second-order valence-electron chi connectivity index (χ2n) is 3.94. The zero-order chi connectivity index (χ0) is 12.4. The van der Waals surface area contributed by atoms with Crippen molar-refractivity contribution in [1.82, 2.24) is 0 Å². The number of hydrogen-bond donors (Lipinski definition) is 2. The van der Waals surface area contributed by atoms with Crippen LogP contribution < -0.4 is 10.6 Å². The zero-order valence-corrected chi connectivity index (χ0v) is 10.9. The van der Waals surface area contributed by atoms with Crippen LogP contribution in [0.4, 0.5) is 11.4 Å². The fraction of sp³-hybridized carbons (Fsp3) is 0.364. The number of benzene rings is 1. The first kappa shape index (κ1) is 12.4. The van der Waals surface area contributed by atoms with Crippen molar-refractivity contribution in [2.24, 2.45) is 0 Å². The molecule has 2 rings (SSSR count). The van der Waals surface area contributed by atoms with Gasteiger partial charge in [0.2, 0.25) is 5.91 Å². The number of nitrogens with one attached hydrogen (secondary N) is 2. The van der Waals surface area contributed by atoms with Crippen molar-refractivity contribution in [3.05, 3.63) is 23.2 Å². The van der Waals surface area contributed by atoms with Gasteiger partial charge in [-0.25, -0.2) is 0 Å². The maximum absolute atomic E-state index is 11.8.